The number of carbonyl (C=O) groups excluding carboxylic acids is 2. The van der Waals surface area contributed by atoms with Crippen molar-refractivity contribution in [2.75, 3.05) is 19.6 Å². The van der Waals surface area contributed by atoms with Gasteiger partial charge in [0.1, 0.15) is 0 Å². The Morgan fingerprint density at radius 3 is 2.61 bits per heavy atom. The highest BCUT2D eigenvalue weighted by Gasteiger charge is 2.59. The van der Waals surface area contributed by atoms with E-state index in [1.807, 2.05) is 9.80 Å². The summed E-state index contributed by atoms with van der Waals surface area (Å²) in [7, 11) is 0. The lowest BCUT2D eigenvalue weighted by Gasteiger charge is -2.58. The van der Waals surface area contributed by atoms with Gasteiger partial charge in [-0.1, -0.05) is 32.4 Å². The van der Waals surface area contributed by atoms with Crippen molar-refractivity contribution in [1.29, 1.82) is 0 Å². The molecule has 36 heavy (non-hydrogen) atoms. The van der Waals surface area contributed by atoms with Gasteiger partial charge >= 0.3 is 0 Å². The molecule has 2 amide bonds. The van der Waals surface area contributed by atoms with Crippen molar-refractivity contribution in [1.82, 2.24) is 9.80 Å². The molecule has 9 atom stereocenters. The van der Waals surface area contributed by atoms with Crippen LogP contribution in [0.15, 0.2) is 11.6 Å². The van der Waals surface area contributed by atoms with Crippen LogP contribution < -0.4 is 0 Å². The molecule has 0 unspecified atom stereocenters. The van der Waals surface area contributed by atoms with Crippen molar-refractivity contribution < 1.29 is 14.7 Å². The molecular formula is C31H50N2O3. The number of amides is 2. The van der Waals surface area contributed by atoms with Crippen LogP contribution >= 0.6 is 0 Å². The fourth-order valence-electron chi connectivity index (χ4n) is 9.98. The molecule has 0 aromatic heterocycles. The molecule has 0 bridgehead atoms. The molecule has 5 aliphatic rings. The molecular weight excluding hydrogens is 448 g/mol. The van der Waals surface area contributed by atoms with Gasteiger partial charge in [0.15, 0.2) is 0 Å². The molecule has 0 spiro atoms. The number of hydrogen-bond acceptors (Lipinski definition) is 3. The van der Waals surface area contributed by atoms with E-state index >= 15 is 0 Å². The second-order valence-electron chi connectivity index (χ2n) is 13.8. The molecule has 1 saturated heterocycles. The van der Waals surface area contributed by atoms with Gasteiger partial charge in [-0.25, -0.2) is 0 Å². The topological polar surface area (TPSA) is 60.9 Å². The molecule has 1 aliphatic heterocycles. The molecule has 4 aliphatic carbocycles. The Morgan fingerprint density at radius 1 is 1.11 bits per heavy atom. The van der Waals surface area contributed by atoms with Crippen LogP contribution in [0.2, 0.25) is 0 Å². The van der Waals surface area contributed by atoms with Crippen molar-refractivity contribution in [3.05, 3.63) is 11.6 Å². The average Bonchev–Trinajstić information content (AvgIpc) is 3.19. The highest BCUT2D eigenvalue weighted by molar-refractivity contribution is 5.77. The van der Waals surface area contributed by atoms with E-state index in [-0.39, 0.29) is 24.0 Å². The normalized spacial score (nSPS) is 43.2. The van der Waals surface area contributed by atoms with Crippen LogP contribution in [0, 0.1) is 40.4 Å². The summed E-state index contributed by atoms with van der Waals surface area (Å²) in [5.74, 6) is 4.07. The van der Waals surface area contributed by atoms with Crippen molar-refractivity contribution in [3.8, 4) is 0 Å². The Kier molecular flexibility index (Phi) is 7.11. The number of allylic oxidation sites excluding steroid dienone is 1. The van der Waals surface area contributed by atoms with Crippen LogP contribution in [0.4, 0.5) is 0 Å². The number of fused-ring (bicyclic) bond motifs is 5. The monoisotopic (exact) mass is 498 g/mol. The Hall–Kier alpha value is -1.36. The lowest BCUT2D eigenvalue weighted by Crippen LogP contribution is -2.55. The third-order valence-electron chi connectivity index (χ3n) is 12.0. The SMILES string of the molecule is CC(=O)N1CCN(C(=O)CC[C@@H](C)[C@H]2CC[C@H]3[C@@H]4CC=C5C[C@@H](O)CC[C@]5(C)[C@H]4CC[C@]23C)C[C@H]1C. The van der Waals surface area contributed by atoms with Crippen molar-refractivity contribution >= 4 is 11.8 Å². The highest BCUT2D eigenvalue weighted by Crippen LogP contribution is 2.67. The zero-order chi connectivity index (χ0) is 25.8. The molecule has 5 rings (SSSR count). The van der Waals surface area contributed by atoms with Gasteiger partial charge in [-0.3, -0.25) is 9.59 Å². The molecule has 0 aromatic rings. The fourth-order valence-corrected chi connectivity index (χ4v) is 9.98. The molecule has 0 radical (unpaired) electrons. The summed E-state index contributed by atoms with van der Waals surface area (Å²) in [5, 5.41) is 10.3. The summed E-state index contributed by atoms with van der Waals surface area (Å²) in [6.45, 7) is 13.2. The van der Waals surface area contributed by atoms with Crippen LogP contribution in [0.3, 0.4) is 0 Å². The average molecular weight is 499 g/mol. The Labute approximate surface area is 219 Å². The van der Waals surface area contributed by atoms with E-state index < -0.39 is 0 Å². The first-order valence-corrected chi connectivity index (χ1v) is 15.0. The summed E-state index contributed by atoms with van der Waals surface area (Å²) in [6.07, 6.45) is 13.6. The van der Waals surface area contributed by atoms with Crippen molar-refractivity contribution in [2.24, 2.45) is 40.4 Å². The predicted octanol–water partition coefficient (Wildman–Crippen LogP) is 5.42. The fraction of sp³-hybridized carbons (Fsp3) is 0.871. The van der Waals surface area contributed by atoms with Gasteiger partial charge in [0.25, 0.3) is 0 Å². The number of piperazine rings is 1. The lowest BCUT2D eigenvalue weighted by atomic mass is 9.47. The number of nitrogens with zero attached hydrogens (tertiary/aromatic N) is 2. The minimum atomic E-state index is -0.129. The molecule has 1 heterocycles. The Balaban J connectivity index is 1.20. The van der Waals surface area contributed by atoms with E-state index in [9.17, 15) is 14.7 Å². The van der Waals surface area contributed by atoms with Gasteiger partial charge < -0.3 is 14.9 Å². The smallest absolute Gasteiger partial charge is 0.222 e. The second-order valence-corrected chi connectivity index (χ2v) is 13.8. The summed E-state index contributed by atoms with van der Waals surface area (Å²) >= 11 is 0. The number of aliphatic hydroxyl groups excluding tert-OH is 1. The minimum absolute atomic E-state index is 0.113. The molecule has 5 heteroatoms. The largest absolute Gasteiger partial charge is 0.393 e. The van der Waals surface area contributed by atoms with Crippen LogP contribution in [0.1, 0.15) is 98.8 Å². The van der Waals surface area contributed by atoms with E-state index in [0.717, 1.165) is 49.4 Å². The summed E-state index contributed by atoms with van der Waals surface area (Å²) in [4.78, 5) is 28.8. The number of rotatable bonds is 4. The molecule has 202 valence electrons. The standard InChI is InChI=1S/C31H50N2O3/c1-20(6-11-29(36)32-16-17-33(22(3)34)21(2)19-32)26-9-10-27-25-8-7-23-18-24(35)12-14-30(23,4)28(25)13-15-31(26,27)5/h7,20-21,24-28,35H,6,8-19H2,1-5H3/t20-,21-,24+,25+,26-,27+,28+,30+,31-/m1/s1. The maximum Gasteiger partial charge on any atom is 0.222 e. The first kappa shape index (κ1) is 26.3. The van der Waals surface area contributed by atoms with Gasteiger partial charge in [0.2, 0.25) is 11.8 Å². The van der Waals surface area contributed by atoms with Crippen LogP contribution in [-0.2, 0) is 9.59 Å². The molecule has 4 fully saturated rings. The van der Waals surface area contributed by atoms with E-state index in [1.54, 1.807) is 12.5 Å². The van der Waals surface area contributed by atoms with Gasteiger partial charge in [-0.2, -0.15) is 0 Å². The van der Waals surface area contributed by atoms with E-state index in [4.69, 9.17) is 0 Å². The molecule has 0 aromatic carbocycles. The zero-order valence-electron chi connectivity index (χ0n) is 23.5. The Bertz CT molecular complexity index is 900. The lowest BCUT2D eigenvalue weighted by molar-refractivity contribution is -0.141. The van der Waals surface area contributed by atoms with Crippen LogP contribution in [-0.4, -0.2) is 58.5 Å². The number of carbonyl (C=O) groups is 2. The number of hydrogen-bond donors (Lipinski definition) is 1. The Morgan fingerprint density at radius 2 is 1.89 bits per heavy atom. The van der Waals surface area contributed by atoms with Crippen LogP contribution in [0.5, 0.6) is 0 Å². The summed E-state index contributed by atoms with van der Waals surface area (Å²) in [5.41, 5.74) is 2.27. The van der Waals surface area contributed by atoms with E-state index in [0.29, 0.717) is 42.8 Å². The minimum Gasteiger partial charge on any atom is -0.393 e. The summed E-state index contributed by atoms with van der Waals surface area (Å²) < 4.78 is 0. The molecule has 1 N–H and O–H groups in total. The zero-order valence-corrected chi connectivity index (χ0v) is 23.5. The van der Waals surface area contributed by atoms with Gasteiger partial charge in [-0.05, 0) is 105 Å². The van der Waals surface area contributed by atoms with Gasteiger partial charge in [0.05, 0.1) is 6.10 Å². The first-order valence-electron chi connectivity index (χ1n) is 15.0. The highest BCUT2D eigenvalue weighted by atomic mass is 16.3. The van der Waals surface area contributed by atoms with E-state index in [1.165, 1.54) is 32.1 Å². The maximum absolute atomic E-state index is 13.1. The third-order valence-corrected chi connectivity index (χ3v) is 12.0. The second kappa shape index (κ2) is 9.75. The molecule has 3 saturated carbocycles. The number of aliphatic hydroxyl groups is 1. The summed E-state index contributed by atoms with van der Waals surface area (Å²) in [6, 6.07) is 0.113. The maximum atomic E-state index is 13.1. The van der Waals surface area contributed by atoms with Crippen molar-refractivity contribution in [2.45, 2.75) is 111 Å². The van der Waals surface area contributed by atoms with Gasteiger partial charge in [0, 0.05) is 39.0 Å². The quantitative estimate of drug-likeness (QED) is 0.527. The van der Waals surface area contributed by atoms with Crippen molar-refractivity contribution in [3.63, 3.8) is 0 Å². The van der Waals surface area contributed by atoms with E-state index in [2.05, 4.69) is 33.8 Å². The molecule has 5 nitrogen and oxygen atoms in total. The van der Waals surface area contributed by atoms with Crippen LogP contribution in [0.25, 0.3) is 0 Å². The predicted molar refractivity (Wildman–Crippen MR) is 143 cm³/mol. The first-order chi connectivity index (χ1) is 17.0. The van der Waals surface area contributed by atoms with Gasteiger partial charge in [-0.15, -0.1) is 0 Å². The third kappa shape index (κ3) is 4.35.